The van der Waals surface area contributed by atoms with Crippen LogP contribution in [0.4, 0.5) is 11.4 Å². The summed E-state index contributed by atoms with van der Waals surface area (Å²) in [5, 5.41) is 2.63. The number of rotatable bonds is 5. The molecule has 0 fully saturated rings. The number of benzene rings is 1. The van der Waals surface area contributed by atoms with E-state index in [1.165, 1.54) is 0 Å². The zero-order valence-corrected chi connectivity index (χ0v) is 12.4. The van der Waals surface area contributed by atoms with Crippen LogP contribution in [0.3, 0.4) is 0 Å². The molecule has 0 atom stereocenters. The third-order valence-corrected chi connectivity index (χ3v) is 2.71. The van der Waals surface area contributed by atoms with Crippen molar-refractivity contribution in [1.29, 1.82) is 0 Å². The van der Waals surface area contributed by atoms with Crippen molar-refractivity contribution in [3.63, 3.8) is 0 Å². The Hall–Kier alpha value is -1.31. The first-order valence-electron chi connectivity index (χ1n) is 5.40. The molecule has 0 unspecified atom stereocenters. The molecule has 6 nitrogen and oxygen atoms in total. The van der Waals surface area contributed by atoms with Gasteiger partial charge in [-0.15, -0.1) is 12.4 Å². The van der Waals surface area contributed by atoms with Crippen LogP contribution in [0.2, 0.25) is 0 Å². The van der Waals surface area contributed by atoms with Crippen LogP contribution in [-0.2, 0) is 14.8 Å². The van der Waals surface area contributed by atoms with E-state index in [1.807, 2.05) is 6.92 Å². The van der Waals surface area contributed by atoms with E-state index in [2.05, 4.69) is 10.0 Å². The van der Waals surface area contributed by atoms with Gasteiger partial charge in [0, 0.05) is 13.0 Å². The fourth-order valence-electron chi connectivity index (χ4n) is 1.39. The molecule has 4 N–H and O–H groups in total. The minimum Gasteiger partial charge on any atom is -0.330 e. The number of carbonyl (C=O) groups is 1. The van der Waals surface area contributed by atoms with E-state index in [1.54, 1.807) is 18.2 Å². The first kappa shape index (κ1) is 17.7. The minimum atomic E-state index is -3.39. The van der Waals surface area contributed by atoms with Gasteiger partial charge in [0.05, 0.1) is 17.6 Å². The third kappa shape index (κ3) is 6.42. The maximum absolute atomic E-state index is 11.5. The number of carbonyl (C=O) groups excluding carboxylic acids is 1. The van der Waals surface area contributed by atoms with Crippen molar-refractivity contribution in [3.05, 3.63) is 23.8 Å². The summed E-state index contributed by atoms with van der Waals surface area (Å²) >= 11 is 0. The Morgan fingerprint density at radius 3 is 2.47 bits per heavy atom. The lowest BCUT2D eigenvalue weighted by Crippen LogP contribution is -2.18. The van der Waals surface area contributed by atoms with Gasteiger partial charge >= 0.3 is 0 Å². The molecule has 0 heterocycles. The second kappa shape index (κ2) is 7.32. The molecule has 1 rings (SSSR count). The predicted octanol–water partition coefficient (Wildman–Crippen LogP) is 1.08. The standard InChI is InChI=1S/C11H17N3O3S.ClH/c1-8-3-4-9(14-18(2,16)17)10(7-8)13-11(15)5-6-12;/h3-4,7,14H,5-6,12H2,1-2H3,(H,13,15);1H. The quantitative estimate of drug-likeness (QED) is 0.757. The SMILES string of the molecule is Cc1ccc(NS(C)(=O)=O)c(NC(=O)CCN)c1.Cl. The highest BCUT2D eigenvalue weighted by Gasteiger charge is 2.10. The van der Waals surface area contributed by atoms with Gasteiger partial charge < -0.3 is 11.1 Å². The van der Waals surface area contributed by atoms with Crippen molar-refractivity contribution in [2.75, 3.05) is 22.8 Å². The Labute approximate surface area is 119 Å². The van der Waals surface area contributed by atoms with Crippen molar-refractivity contribution in [3.8, 4) is 0 Å². The molecule has 1 aromatic rings. The summed E-state index contributed by atoms with van der Waals surface area (Å²) < 4.78 is 24.8. The molecule has 0 aliphatic carbocycles. The lowest BCUT2D eigenvalue weighted by molar-refractivity contribution is -0.116. The molecule has 1 aromatic carbocycles. The molecule has 108 valence electrons. The molecule has 0 saturated heterocycles. The molecule has 0 aromatic heterocycles. The summed E-state index contributed by atoms with van der Waals surface area (Å²) in [4.78, 5) is 11.5. The number of hydrogen-bond acceptors (Lipinski definition) is 4. The van der Waals surface area contributed by atoms with Gasteiger partial charge in [-0.25, -0.2) is 8.42 Å². The molecular formula is C11H18ClN3O3S. The molecule has 0 bridgehead atoms. The molecular weight excluding hydrogens is 290 g/mol. The van der Waals surface area contributed by atoms with E-state index in [0.717, 1.165) is 11.8 Å². The summed E-state index contributed by atoms with van der Waals surface area (Å²) in [5.74, 6) is -0.250. The Morgan fingerprint density at radius 1 is 1.32 bits per heavy atom. The van der Waals surface area contributed by atoms with Crippen LogP contribution < -0.4 is 15.8 Å². The van der Waals surface area contributed by atoms with Gasteiger partial charge in [-0.3, -0.25) is 9.52 Å². The fourth-order valence-corrected chi connectivity index (χ4v) is 1.97. The third-order valence-electron chi connectivity index (χ3n) is 2.12. The first-order valence-corrected chi connectivity index (χ1v) is 7.29. The van der Waals surface area contributed by atoms with Crippen LogP contribution in [0, 0.1) is 6.92 Å². The van der Waals surface area contributed by atoms with E-state index in [4.69, 9.17) is 5.73 Å². The number of hydrogen-bond donors (Lipinski definition) is 3. The highest BCUT2D eigenvalue weighted by molar-refractivity contribution is 7.92. The van der Waals surface area contributed by atoms with Crippen LogP contribution >= 0.6 is 12.4 Å². The molecule has 0 aliphatic rings. The lowest BCUT2D eigenvalue weighted by atomic mass is 10.2. The molecule has 1 amide bonds. The Bertz CT molecular complexity index is 546. The second-order valence-electron chi connectivity index (χ2n) is 4.01. The summed E-state index contributed by atoms with van der Waals surface area (Å²) in [6.45, 7) is 2.09. The number of nitrogens with one attached hydrogen (secondary N) is 2. The Balaban J connectivity index is 0.00000324. The number of sulfonamides is 1. The average molecular weight is 308 g/mol. The number of halogens is 1. The fraction of sp³-hybridized carbons (Fsp3) is 0.364. The van der Waals surface area contributed by atoms with Crippen LogP contribution in [0.25, 0.3) is 0 Å². The summed E-state index contributed by atoms with van der Waals surface area (Å²) in [6, 6.07) is 5.06. The molecule has 0 spiro atoms. The topological polar surface area (TPSA) is 101 Å². The van der Waals surface area contributed by atoms with Crippen molar-refractivity contribution >= 4 is 39.7 Å². The van der Waals surface area contributed by atoms with Crippen LogP contribution in [0.1, 0.15) is 12.0 Å². The number of aryl methyl sites for hydroxylation is 1. The van der Waals surface area contributed by atoms with Crippen molar-refractivity contribution in [2.24, 2.45) is 5.73 Å². The number of nitrogens with two attached hydrogens (primary N) is 1. The summed E-state index contributed by atoms with van der Waals surface area (Å²) in [6.07, 6.45) is 1.24. The lowest BCUT2D eigenvalue weighted by Gasteiger charge is -2.12. The molecule has 0 radical (unpaired) electrons. The Kier molecular flexibility index (Phi) is 6.82. The van der Waals surface area contributed by atoms with Crippen LogP contribution in [-0.4, -0.2) is 27.1 Å². The van der Waals surface area contributed by atoms with Crippen LogP contribution in [0.15, 0.2) is 18.2 Å². The zero-order valence-electron chi connectivity index (χ0n) is 10.8. The van der Waals surface area contributed by atoms with Gasteiger partial charge in [0.2, 0.25) is 15.9 Å². The van der Waals surface area contributed by atoms with E-state index >= 15 is 0 Å². The summed E-state index contributed by atoms with van der Waals surface area (Å²) in [7, 11) is -3.39. The smallest absolute Gasteiger partial charge is 0.229 e. The largest absolute Gasteiger partial charge is 0.330 e. The first-order chi connectivity index (χ1) is 8.31. The van der Waals surface area contributed by atoms with Crippen molar-refractivity contribution in [2.45, 2.75) is 13.3 Å². The Morgan fingerprint density at radius 2 is 1.95 bits per heavy atom. The van der Waals surface area contributed by atoms with Crippen LogP contribution in [0.5, 0.6) is 0 Å². The maximum atomic E-state index is 11.5. The van der Waals surface area contributed by atoms with E-state index in [-0.39, 0.29) is 31.3 Å². The monoisotopic (exact) mass is 307 g/mol. The van der Waals surface area contributed by atoms with Gasteiger partial charge in [-0.1, -0.05) is 6.07 Å². The predicted molar refractivity (Wildman–Crippen MR) is 79.2 cm³/mol. The second-order valence-corrected chi connectivity index (χ2v) is 5.76. The van der Waals surface area contributed by atoms with Crippen molar-refractivity contribution < 1.29 is 13.2 Å². The highest BCUT2D eigenvalue weighted by Crippen LogP contribution is 2.24. The minimum absolute atomic E-state index is 0. The highest BCUT2D eigenvalue weighted by atomic mass is 35.5. The maximum Gasteiger partial charge on any atom is 0.229 e. The normalized spacial score (nSPS) is 10.5. The van der Waals surface area contributed by atoms with Gasteiger partial charge in [-0.05, 0) is 24.6 Å². The van der Waals surface area contributed by atoms with Gasteiger partial charge in [0.25, 0.3) is 0 Å². The van der Waals surface area contributed by atoms with Crippen molar-refractivity contribution in [1.82, 2.24) is 0 Å². The van der Waals surface area contributed by atoms with Gasteiger partial charge in [-0.2, -0.15) is 0 Å². The molecule has 8 heteroatoms. The zero-order chi connectivity index (χ0) is 13.8. The van der Waals surface area contributed by atoms with Gasteiger partial charge in [0.15, 0.2) is 0 Å². The molecule has 0 saturated carbocycles. The van der Waals surface area contributed by atoms with E-state index in [0.29, 0.717) is 11.4 Å². The van der Waals surface area contributed by atoms with E-state index in [9.17, 15) is 13.2 Å². The van der Waals surface area contributed by atoms with E-state index < -0.39 is 10.0 Å². The number of amides is 1. The summed E-state index contributed by atoms with van der Waals surface area (Å²) in [5.41, 5.74) is 6.97. The molecule has 19 heavy (non-hydrogen) atoms. The van der Waals surface area contributed by atoms with Gasteiger partial charge in [0.1, 0.15) is 0 Å². The average Bonchev–Trinajstić information content (AvgIpc) is 2.20. The number of anilines is 2. The molecule has 0 aliphatic heterocycles.